The highest BCUT2D eigenvalue weighted by Crippen LogP contribution is 2.21. The predicted molar refractivity (Wildman–Crippen MR) is 118 cm³/mol. The normalized spacial score (nSPS) is 15.8. The maximum Gasteiger partial charge on any atom is 0.250 e. The SMILES string of the molecule is CC(C)Cn1cc(N=CC(=CN)c2cnc(NC3CCOCC3)cc2F)ccc1=O. The van der Waals surface area contributed by atoms with Crippen molar-refractivity contribution in [1.82, 2.24) is 9.55 Å². The lowest BCUT2D eigenvalue weighted by molar-refractivity contribution is 0.0904. The van der Waals surface area contributed by atoms with Gasteiger partial charge in [-0.3, -0.25) is 9.79 Å². The number of rotatable bonds is 7. The first-order valence-electron chi connectivity index (χ1n) is 10.1. The molecule has 7 nitrogen and oxygen atoms in total. The molecular weight excluding hydrogens is 385 g/mol. The first kappa shape index (κ1) is 21.7. The summed E-state index contributed by atoms with van der Waals surface area (Å²) in [4.78, 5) is 20.6. The number of ether oxygens (including phenoxy) is 1. The van der Waals surface area contributed by atoms with Crippen LogP contribution in [-0.2, 0) is 11.3 Å². The van der Waals surface area contributed by atoms with Gasteiger partial charge in [0.25, 0.3) is 5.56 Å². The molecule has 0 bridgehead atoms. The van der Waals surface area contributed by atoms with Crippen LogP contribution >= 0.6 is 0 Å². The van der Waals surface area contributed by atoms with Gasteiger partial charge >= 0.3 is 0 Å². The molecule has 1 aliphatic heterocycles. The number of nitrogens with one attached hydrogen (secondary N) is 1. The van der Waals surface area contributed by atoms with Crippen molar-refractivity contribution < 1.29 is 9.13 Å². The number of hydrogen-bond acceptors (Lipinski definition) is 6. The first-order chi connectivity index (χ1) is 14.5. The van der Waals surface area contributed by atoms with E-state index < -0.39 is 5.82 Å². The maximum atomic E-state index is 14.7. The summed E-state index contributed by atoms with van der Waals surface area (Å²) in [7, 11) is 0. The van der Waals surface area contributed by atoms with Crippen LogP contribution in [0.3, 0.4) is 0 Å². The van der Waals surface area contributed by atoms with Crippen LogP contribution in [0.4, 0.5) is 15.9 Å². The zero-order chi connectivity index (χ0) is 21.5. The van der Waals surface area contributed by atoms with E-state index in [0.717, 1.165) is 12.8 Å². The molecule has 0 spiro atoms. The molecule has 0 unspecified atom stereocenters. The fourth-order valence-electron chi connectivity index (χ4n) is 3.25. The highest BCUT2D eigenvalue weighted by molar-refractivity contribution is 6.10. The Hall–Kier alpha value is -3.00. The molecule has 1 saturated heterocycles. The van der Waals surface area contributed by atoms with Crippen molar-refractivity contribution in [3.8, 4) is 0 Å². The van der Waals surface area contributed by atoms with Crippen molar-refractivity contribution in [2.45, 2.75) is 39.3 Å². The second kappa shape index (κ2) is 10.2. The number of halogens is 1. The number of aliphatic imine (C=N–C) groups is 1. The largest absolute Gasteiger partial charge is 0.404 e. The van der Waals surface area contributed by atoms with Gasteiger partial charge < -0.3 is 20.4 Å². The third-order valence-electron chi connectivity index (χ3n) is 4.80. The Balaban J connectivity index is 1.75. The molecule has 3 N–H and O–H groups in total. The van der Waals surface area contributed by atoms with Crippen molar-refractivity contribution in [3.05, 3.63) is 58.5 Å². The van der Waals surface area contributed by atoms with Gasteiger partial charge in [-0.25, -0.2) is 9.37 Å². The number of hydrogen-bond donors (Lipinski definition) is 2. The number of anilines is 1. The van der Waals surface area contributed by atoms with E-state index in [4.69, 9.17) is 10.5 Å². The minimum absolute atomic E-state index is 0.0832. The molecule has 3 rings (SSSR count). The van der Waals surface area contributed by atoms with Gasteiger partial charge in [0.15, 0.2) is 0 Å². The Labute approximate surface area is 175 Å². The molecule has 0 atom stereocenters. The molecule has 0 aromatic carbocycles. The molecule has 1 aliphatic rings. The molecule has 2 aromatic rings. The lowest BCUT2D eigenvalue weighted by atomic mass is 10.1. The molecular formula is C22H28FN5O2. The van der Waals surface area contributed by atoms with Gasteiger partial charge in [0.05, 0.1) is 5.69 Å². The number of allylic oxidation sites excluding steroid dienone is 1. The third-order valence-corrected chi connectivity index (χ3v) is 4.80. The lowest BCUT2D eigenvalue weighted by Gasteiger charge is -2.23. The Morgan fingerprint density at radius 1 is 1.43 bits per heavy atom. The second-order valence-electron chi connectivity index (χ2n) is 7.73. The van der Waals surface area contributed by atoms with Crippen LogP contribution in [0.1, 0.15) is 32.3 Å². The number of nitrogens with two attached hydrogens (primary N) is 1. The van der Waals surface area contributed by atoms with E-state index in [1.165, 1.54) is 30.7 Å². The van der Waals surface area contributed by atoms with Gasteiger partial charge in [-0.15, -0.1) is 0 Å². The second-order valence-corrected chi connectivity index (χ2v) is 7.73. The molecule has 1 fully saturated rings. The van der Waals surface area contributed by atoms with E-state index in [9.17, 15) is 9.18 Å². The first-order valence-corrected chi connectivity index (χ1v) is 10.1. The molecule has 160 valence electrons. The monoisotopic (exact) mass is 413 g/mol. The van der Waals surface area contributed by atoms with Gasteiger partial charge in [0.1, 0.15) is 11.6 Å². The summed E-state index contributed by atoms with van der Waals surface area (Å²) < 4.78 is 21.7. The third kappa shape index (κ3) is 5.76. The number of pyridine rings is 2. The average Bonchev–Trinajstić information content (AvgIpc) is 2.72. The Morgan fingerprint density at radius 3 is 2.87 bits per heavy atom. The van der Waals surface area contributed by atoms with Crippen LogP contribution in [0.15, 0.2) is 46.6 Å². The average molecular weight is 413 g/mol. The van der Waals surface area contributed by atoms with Crippen molar-refractivity contribution in [3.63, 3.8) is 0 Å². The lowest BCUT2D eigenvalue weighted by Crippen LogP contribution is -2.28. The van der Waals surface area contributed by atoms with Crippen LogP contribution < -0.4 is 16.6 Å². The summed E-state index contributed by atoms with van der Waals surface area (Å²) in [6.45, 7) is 6.06. The minimum atomic E-state index is -0.438. The van der Waals surface area contributed by atoms with Crippen LogP contribution in [0.2, 0.25) is 0 Å². The van der Waals surface area contributed by atoms with Gasteiger partial charge in [0.2, 0.25) is 0 Å². The fourth-order valence-corrected chi connectivity index (χ4v) is 3.25. The van der Waals surface area contributed by atoms with Crippen molar-refractivity contribution in [2.24, 2.45) is 16.6 Å². The van der Waals surface area contributed by atoms with E-state index in [2.05, 4.69) is 15.3 Å². The van der Waals surface area contributed by atoms with E-state index in [-0.39, 0.29) is 17.2 Å². The maximum absolute atomic E-state index is 14.7. The highest BCUT2D eigenvalue weighted by Gasteiger charge is 2.15. The summed E-state index contributed by atoms with van der Waals surface area (Å²) in [5.41, 5.74) is 6.87. The predicted octanol–water partition coefficient (Wildman–Crippen LogP) is 3.33. The molecule has 2 aromatic heterocycles. The molecule has 30 heavy (non-hydrogen) atoms. The summed E-state index contributed by atoms with van der Waals surface area (Å²) >= 11 is 0. The van der Waals surface area contributed by atoms with Crippen LogP contribution in [0.5, 0.6) is 0 Å². The van der Waals surface area contributed by atoms with Crippen molar-refractivity contribution >= 4 is 23.3 Å². The van der Waals surface area contributed by atoms with Crippen LogP contribution in [-0.4, -0.2) is 35.0 Å². The molecule has 0 amide bonds. The van der Waals surface area contributed by atoms with Gasteiger partial charge in [-0.1, -0.05) is 13.8 Å². The quantitative estimate of drug-likeness (QED) is 0.679. The van der Waals surface area contributed by atoms with Crippen LogP contribution in [0, 0.1) is 11.7 Å². The molecule has 3 heterocycles. The van der Waals surface area contributed by atoms with E-state index in [1.54, 1.807) is 16.8 Å². The Bertz CT molecular complexity index is 978. The van der Waals surface area contributed by atoms with E-state index in [1.807, 2.05) is 13.8 Å². The topological polar surface area (TPSA) is 94.5 Å². The van der Waals surface area contributed by atoms with Crippen molar-refractivity contribution in [1.29, 1.82) is 0 Å². The number of nitrogens with zero attached hydrogens (tertiary/aromatic N) is 3. The zero-order valence-electron chi connectivity index (χ0n) is 17.3. The summed E-state index contributed by atoms with van der Waals surface area (Å²) in [5, 5.41) is 3.24. The van der Waals surface area contributed by atoms with E-state index in [0.29, 0.717) is 42.8 Å². The van der Waals surface area contributed by atoms with Crippen LogP contribution in [0.25, 0.3) is 5.57 Å². The zero-order valence-corrected chi connectivity index (χ0v) is 17.3. The molecule has 0 aliphatic carbocycles. The van der Waals surface area contributed by atoms with E-state index >= 15 is 0 Å². The molecule has 0 saturated carbocycles. The highest BCUT2D eigenvalue weighted by atomic mass is 19.1. The number of aromatic nitrogens is 2. The molecule has 0 radical (unpaired) electrons. The fraction of sp³-hybridized carbons (Fsp3) is 0.409. The summed E-state index contributed by atoms with van der Waals surface area (Å²) in [5.74, 6) is 0.375. The van der Waals surface area contributed by atoms with Gasteiger partial charge in [-0.05, 0) is 24.8 Å². The standard InChI is InChI=1S/C22H28FN5O2/c1-15(2)13-28-14-18(3-4-22(28)29)25-11-16(10-24)19-12-26-21(9-20(19)23)27-17-5-7-30-8-6-17/h3-4,9-12,14-15,17H,5-8,13,24H2,1-2H3,(H,26,27). The Kier molecular flexibility index (Phi) is 7.35. The van der Waals surface area contributed by atoms with Gasteiger partial charge in [0, 0.05) is 73.9 Å². The molecule has 8 heteroatoms. The minimum Gasteiger partial charge on any atom is -0.404 e. The van der Waals surface area contributed by atoms with Crippen molar-refractivity contribution in [2.75, 3.05) is 18.5 Å². The smallest absolute Gasteiger partial charge is 0.250 e. The summed E-state index contributed by atoms with van der Waals surface area (Å²) in [6, 6.07) is 4.69. The van der Waals surface area contributed by atoms with Gasteiger partial charge in [-0.2, -0.15) is 0 Å². The Morgan fingerprint density at radius 2 is 2.20 bits per heavy atom. The summed E-state index contributed by atoms with van der Waals surface area (Å²) in [6.07, 6.45) is 7.63.